The molecule has 0 spiro atoms. The molecule has 0 radical (unpaired) electrons. The first-order valence-corrected chi connectivity index (χ1v) is 6.70. The normalized spacial score (nSPS) is 12.6. The van der Waals surface area contributed by atoms with Crippen LogP contribution in [-0.4, -0.2) is 14.8 Å². The summed E-state index contributed by atoms with van der Waals surface area (Å²) in [5, 5.41) is 4.93. The van der Waals surface area contributed by atoms with Crippen molar-refractivity contribution < 1.29 is 0 Å². The Morgan fingerprint density at radius 3 is 2.95 bits per heavy atom. The minimum atomic E-state index is -0.0780. The lowest BCUT2D eigenvalue weighted by Crippen LogP contribution is -2.31. The van der Waals surface area contributed by atoms with Gasteiger partial charge in [0, 0.05) is 18.9 Å². The second kappa shape index (κ2) is 6.65. The third kappa shape index (κ3) is 3.32. The van der Waals surface area contributed by atoms with E-state index in [-0.39, 0.29) is 6.04 Å². The molecule has 6 heteroatoms. The lowest BCUT2D eigenvalue weighted by molar-refractivity contribution is 0.478. The maximum Gasteiger partial charge on any atom is 0.0834 e. The summed E-state index contributed by atoms with van der Waals surface area (Å²) in [5.74, 6) is 5.68. The molecule has 0 aromatic carbocycles. The first-order chi connectivity index (χ1) is 9.26. The fourth-order valence-electron chi connectivity index (χ4n) is 2.10. The van der Waals surface area contributed by atoms with Crippen LogP contribution in [0.25, 0.3) is 0 Å². The number of hydrogen-bond donors (Lipinski definition) is 2. The van der Waals surface area contributed by atoms with Gasteiger partial charge in [0.2, 0.25) is 0 Å². The zero-order chi connectivity index (χ0) is 13.7. The van der Waals surface area contributed by atoms with Gasteiger partial charge in [-0.3, -0.25) is 20.9 Å². The highest BCUT2D eigenvalue weighted by Gasteiger charge is 2.19. The molecule has 0 amide bonds. The Bertz CT molecular complexity index is 511. The fraction of sp³-hybridized carbons (Fsp3) is 0.385. The highest BCUT2D eigenvalue weighted by Crippen LogP contribution is 2.25. The average Bonchev–Trinajstić information content (AvgIpc) is 2.79. The molecule has 0 fully saturated rings. The summed E-state index contributed by atoms with van der Waals surface area (Å²) in [6.07, 6.45) is 6.97. The number of nitrogens with two attached hydrogens (primary N) is 1. The van der Waals surface area contributed by atoms with Crippen molar-refractivity contribution in [2.24, 2.45) is 5.84 Å². The summed E-state index contributed by atoms with van der Waals surface area (Å²) in [5.41, 5.74) is 4.85. The quantitative estimate of drug-likeness (QED) is 0.628. The average molecular weight is 280 g/mol. The molecule has 2 aromatic rings. The van der Waals surface area contributed by atoms with Crippen molar-refractivity contribution >= 4 is 11.6 Å². The van der Waals surface area contributed by atoms with Gasteiger partial charge < -0.3 is 0 Å². The van der Waals surface area contributed by atoms with E-state index in [2.05, 4.69) is 22.4 Å². The highest BCUT2D eigenvalue weighted by atomic mass is 35.5. The number of rotatable bonds is 6. The Kier molecular flexibility index (Phi) is 4.90. The number of aromatic nitrogens is 3. The minimum absolute atomic E-state index is 0.0780. The van der Waals surface area contributed by atoms with Gasteiger partial charge in [0.25, 0.3) is 0 Å². The molecular weight excluding hydrogens is 262 g/mol. The molecule has 0 aliphatic rings. The lowest BCUT2D eigenvalue weighted by Gasteiger charge is -2.18. The number of hydrogen-bond acceptors (Lipinski definition) is 4. The Hall–Kier alpha value is -1.43. The van der Waals surface area contributed by atoms with E-state index >= 15 is 0 Å². The van der Waals surface area contributed by atoms with Gasteiger partial charge >= 0.3 is 0 Å². The Morgan fingerprint density at radius 2 is 2.32 bits per heavy atom. The second-order valence-electron chi connectivity index (χ2n) is 4.39. The SMILES string of the molecule is CCCn1ncc(Cl)c1C(Cc1cccnc1)NN. The van der Waals surface area contributed by atoms with Gasteiger partial charge in [-0.2, -0.15) is 5.10 Å². The molecule has 0 saturated heterocycles. The highest BCUT2D eigenvalue weighted by molar-refractivity contribution is 6.31. The molecule has 0 aliphatic heterocycles. The summed E-state index contributed by atoms with van der Waals surface area (Å²) in [6, 6.07) is 3.85. The maximum absolute atomic E-state index is 6.23. The summed E-state index contributed by atoms with van der Waals surface area (Å²) in [6.45, 7) is 2.93. The van der Waals surface area contributed by atoms with E-state index in [0.717, 1.165) is 30.6 Å². The number of pyridine rings is 1. The number of nitrogens with zero attached hydrogens (tertiary/aromatic N) is 3. The number of aryl methyl sites for hydroxylation is 1. The van der Waals surface area contributed by atoms with Gasteiger partial charge in [-0.25, -0.2) is 0 Å². The van der Waals surface area contributed by atoms with Gasteiger partial charge in [-0.1, -0.05) is 24.6 Å². The third-order valence-corrected chi connectivity index (χ3v) is 3.25. The van der Waals surface area contributed by atoms with Crippen molar-refractivity contribution in [2.45, 2.75) is 32.4 Å². The van der Waals surface area contributed by atoms with Crippen LogP contribution in [0, 0.1) is 0 Å². The largest absolute Gasteiger partial charge is 0.271 e. The summed E-state index contributed by atoms with van der Waals surface area (Å²) >= 11 is 6.23. The molecule has 0 saturated carbocycles. The molecular formula is C13H18ClN5. The van der Waals surface area contributed by atoms with Gasteiger partial charge in [-0.15, -0.1) is 0 Å². The zero-order valence-electron chi connectivity index (χ0n) is 10.9. The van der Waals surface area contributed by atoms with Gasteiger partial charge in [0.15, 0.2) is 0 Å². The Morgan fingerprint density at radius 1 is 1.47 bits per heavy atom. The van der Waals surface area contributed by atoms with E-state index in [1.165, 1.54) is 0 Å². The van der Waals surface area contributed by atoms with Gasteiger partial charge in [-0.05, 0) is 24.5 Å². The van der Waals surface area contributed by atoms with Crippen LogP contribution in [0.3, 0.4) is 0 Å². The molecule has 0 bridgehead atoms. The fourth-order valence-corrected chi connectivity index (χ4v) is 2.37. The van der Waals surface area contributed by atoms with E-state index in [4.69, 9.17) is 17.4 Å². The third-order valence-electron chi connectivity index (χ3n) is 2.96. The lowest BCUT2D eigenvalue weighted by atomic mass is 10.1. The molecule has 0 aliphatic carbocycles. The first-order valence-electron chi connectivity index (χ1n) is 6.32. The van der Waals surface area contributed by atoms with E-state index in [0.29, 0.717) is 5.02 Å². The van der Waals surface area contributed by atoms with Crippen LogP contribution in [0.1, 0.15) is 30.6 Å². The number of hydrazine groups is 1. The van der Waals surface area contributed by atoms with Crippen molar-refractivity contribution in [3.05, 3.63) is 47.0 Å². The van der Waals surface area contributed by atoms with E-state index < -0.39 is 0 Å². The molecule has 3 N–H and O–H groups in total. The maximum atomic E-state index is 6.23. The predicted octanol–water partition coefficient (Wildman–Crippen LogP) is 2.09. The van der Waals surface area contributed by atoms with Crippen LogP contribution in [0.5, 0.6) is 0 Å². The van der Waals surface area contributed by atoms with Crippen molar-refractivity contribution in [1.29, 1.82) is 0 Å². The second-order valence-corrected chi connectivity index (χ2v) is 4.79. The van der Waals surface area contributed by atoms with Crippen LogP contribution < -0.4 is 11.3 Å². The van der Waals surface area contributed by atoms with E-state index in [9.17, 15) is 0 Å². The van der Waals surface area contributed by atoms with E-state index in [1.54, 1.807) is 12.4 Å². The summed E-state index contributed by atoms with van der Waals surface area (Å²) in [4.78, 5) is 4.11. The summed E-state index contributed by atoms with van der Waals surface area (Å²) < 4.78 is 1.91. The van der Waals surface area contributed by atoms with Crippen molar-refractivity contribution in [3.8, 4) is 0 Å². The monoisotopic (exact) mass is 279 g/mol. The molecule has 2 aromatic heterocycles. The zero-order valence-corrected chi connectivity index (χ0v) is 11.6. The molecule has 102 valence electrons. The van der Waals surface area contributed by atoms with Crippen LogP contribution in [-0.2, 0) is 13.0 Å². The number of halogens is 1. The minimum Gasteiger partial charge on any atom is -0.271 e. The molecule has 5 nitrogen and oxygen atoms in total. The Balaban J connectivity index is 2.24. The molecule has 1 atom stereocenters. The van der Waals surface area contributed by atoms with Crippen molar-refractivity contribution in [2.75, 3.05) is 0 Å². The molecule has 1 unspecified atom stereocenters. The first kappa shape index (κ1) is 14.0. The molecule has 19 heavy (non-hydrogen) atoms. The van der Waals surface area contributed by atoms with Crippen molar-refractivity contribution in [3.63, 3.8) is 0 Å². The number of nitrogens with one attached hydrogen (secondary N) is 1. The van der Waals surface area contributed by atoms with Crippen LogP contribution in [0.15, 0.2) is 30.7 Å². The smallest absolute Gasteiger partial charge is 0.0834 e. The van der Waals surface area contributed by atoms with Gasteiger partial charge in [0.1, 0.15) is 0 Å². The van der Waals surface area contributed by atoms with Crippen molar-refractivity contribution in [1.82, 2.24) is 20.2 Å². The molecule has 2 heterocycles. The van der Waals surface area contributed by atoms with Gasteiger partial charge in [0.05, 0.1) is 23.0 Å². The topological polar surface area (TPSA) is 68.8 Å². The van der Waals surface area contributed by atoms with E-state index in [1.807, 2.05) is 23.0 Å². The molecule has 2 rings (SSSR count). The predicted molar refractivity (Wildman–Crippen MR) is 75.5 cm³/mol. The standard InChI is InChI=1S/C13H18ClN5/c1-2-6-19-13(11(14)9-17-19)12(18-15)7-10-4-3-5-16-8-10/h3-5,8-9,12,18H,2,6-7,15H2,1H3. The van der Waals surface area contributed by atoms with Crippen LogP contribution in [0.2, 0.25) is 5.02 Å². The van der Waals surface area contributed by atoms with Crippen LogP contribution >= 0.6 is 11.6 Å². The van der Waals surface area contributed by atoms with Crippen LogP contribution in [0.4, 0.5) is 0 Å². The Labute approximate surface area is 117 Å². The summed E-state index contributed by atoms with van der Waals surface area (Å²) in [7, 11) is 0.